The summed E-state index contributed by atoms with van der Waals surface area (Å²) in [6, 6.07) is 17.5. The summed E-state index contributed by atoms with van der Waals surface area (Å²) in [7, 11) is -3.53. The molecule has 3 rings (SSSR count). The lowest BCUT2D eigenvalue weighted by atomic mass is 10.1. The van der Waals surface area contributed by atoms with Crippen molar-refractivity contribution in [3.63, 3.8) is 0 Å². The summed E-state index contributed by atoms with van der Waals surface area (Å²) < 4.78 is 30.1. The number of rotatable bonds is 8. The standard InChI is InChI=1S/C23H19NO7S/c1-16-5-11-21(12-6-16)32(29,30)15-17-7-9-18(10-8-17)23(26)31-14-22(25)19-3-2-4-20(13-19)24(27)28/h2-13H,14-15H2,1H3. The van der Waals surface area contributed by atoms with Crippen molar-refractivity contribution in [3.05, 3.63) is 105 Å². The van der Waals surface area contributed by atoms with Gasteiger partial charge in [0.2, 0.25) is 5.78 Å². The van der Waals surface area contributed by atoms with E-state index in [2.05, 4.69) is 0 Å². The Kier molecular flexibility index (Phi) is 6.79. The number of esters is 1. The predicted octanol–water partition coefficient (Wildman–Crippen LogP) is 3.92. The van der Waals surface area contributed by atoms with Crippen LogP contribution in [0.4, 0.5) is 5.69 Å². The first kappa shape index (κ1) is 22.8. The number of hydrogen-bond acceptors (Lipinski definition) is 7. The van der Waals surface area contributed by atoms with Gasteiger partial charge in [-0.1, -0.05) is 42.0 Å². The maximum atomic E-state index is 12.5. The number of nitro groups is 1. The van der Waals surface area contributed by atoms with E-state index in [1.165, 1.54) is 42.5 Å². The number of ether oxygens (including phenoxy) is 1. The van der Waals surface area contributed by atoms with E-state index in [9.17, 15) is 28.1 Å². The molecular formula is C23H19NO7S. The lowest BCUT2D eigenvalue weighted by Crippen LogP contribution is -2.14. The molecule has 164 valence electrons. The van der Waals surface area contributed by atoms with E-state index in [-0.39, 0.29) is 27.5 Å². The lowest BCUT2D eigenvalue weighted by Gasteiger charge is -2.07. The van der Waals surface area contributed by atoms with Gasteiger partial charge in [0.1, 0.15) is 0 Å². The molecule has 0 aliphatic carbocycles. The Labute approximate surface area is 184 Å². The van der Waals surface area contributed by atoms with E-state index >= 15 is 0 Å². The van der Waals surface area contributed by atoms with E-state index in [4.69, 9.17) is 4.74 Å². The fourth-order valence-corrected chi connectivity index (χ4v) is 4.22. The molecule has 0 fully saturated rings. The van der Waals surface area contributed by atoms with Crippen LogP contribution in [0.3, 0.4) is 0 Å². The fraction of sp³-hybridized carbons (Fsp3) is 0.130. The highest BCUT2D eigenvalue weighted by molar-refractivity contribution is 7.90. The topological polar surface area (TPSA) is 121 Å². The van der Waals surface area contributed by atoms with Gasteiger partial charge in [-0.3, -0.25) is 14.9 Å². The molecule has 0 bridgehead atoms. The molecule has 9 heteroatoms. The summed E-state index contributed by atoms with van der Waals surface area (Å²) in [5.41, 5.74) is 1.42. The Bertz CT molecular complexity index is 1260. The van der Waals surface area contributed by atoms with E-state index < -0.39 is 33.1 Å². The Morgan fingerprint density at radius 2 is 1.59 bits per heavy atom. The highest BCUT2D eigenvalue weighted by Gasteiger charge is 2.17. The van der Waals surface area contributed by atoms with Crippen LogP contribution in [0.15, 0.2) is 77.7 Å². The number of aryl methyl sites for hydroxylation is 1. The third-order valence-electron chi connectivity index (χ3n) is 4.64. The second-order valence-electron chi connectivity index (χ2n) is 7.08. The second-order valence-corrected chi connectivity index (χ2v) is 9.07. The number of carbonyl (C=O) groups excluding carboxylic acids is 2. The van der Waals surface area contributed by atoms with Crippen molar-refractivity contribution in [2.75, 3.05) is 6.61 Å². The lowest BCUT2D eigenvalue weighted by molar-refractivity contribution is -0.384. The zero-order valence-electron chi connectivity index (χ0n) is 17.1. The number of non-ortho nitro benzene ring substituents is 1. The molecule has 0 aliphatic rings. The Balaban J connectivity index is 1.61. The predicted molar refractivity (Wildman–Crippen MR) is 116 cm³/mol. The van der Waals surface area contributed by atoms with E-state index in [1.807, 2.05) is 6.92 Å². The minimum absolute atomic E-state index is 0.0589. The molecule has 0 aliphatic heterocycles. The molecule has 0 radical (unpaired) electrons. The van der Waals surface area contributed by atoms with Crippen LogP contribution in [0.25, 0.3) is 0 Å². The average molecular weight is 453 g/mol. The summed E-state index contributed by atoms with van der Waals surface area (Å²) in [5, 5.41) is 10.8. The molecule has 0 aromatic heterocycles. The van der Waals surface area contributed by atoms with Gasteiger partial charge in [-0.15, -0.1) is 0 Å². The smallest absolute Gasteiger partial charge is 0.338 e. The van der Waals surface area contributed by atoms with Gasteiger partial charge in [0.05, 0.1) is 21.1 Å². The summed E-state index contributed by atoms with van der Waals surface area (Å²) in [6.07, 6.45) is 0. The molecule has 0 saturated carbocycles. The van der Waals surface area contributed by atoms with Crippen molar-refractivity contribution in [2.24, 2.45) is 0 Å². The Hall–Kier alpha value is -3.85. The van der Waals surface area contributed by atoms with Crippen LogP contribution in [0.1, 0.15) is 31.8 Å². The van der Waals surface area contributed by atoms with Crippen LogP contribution >= 0.6 is 0 Å². The zero-order valence-corrected chi connectivity index (χ0v) is 17.9. The van der Waals surface area contributed by atoms with Crippen LogP contribution in [0.5, 0.6) is 0 Å². The number of Topliss-reactive ketones (excluding diaryl/α,β-unsaturated/α-hetero) is 1. The minimum atomic E-state index is -3.53. The number of ketones is 1. The number of nitrogens with zero attached hydrogens (tertiary/aromatic N) is 1. The quantitative estimate of drug-likeness (QED) is 0.219. The van der Waals surface area contributed by atoms with Gasteiger partial charge in [0, 0.05) is 17.7 Å². The van der Waals surface area contributed by atoms with E-state index in [1.54, 1.807) is 24.3 Å². The molecule has 8 nitrogen and oxygen atoms in total. The molecule has 0 spiro atoms. The SMILES string of the molecule is Cc1ccc(S(=O)(=O)Cc2ccc(C(=O)OCC(=O)c3cccc([N+](=O)[O-])c3)cc2)cc1. The Morgan fingerprint density at radius 3 is 2.22 bits per heavy atom. The van der Waals surface area contributed by atoms with Gasteiger partial charge in [0.25, 0.3) is 5.69 Å². The van der Waals surface area contributed by atoms with Gasteiger partial charge < -0.3 is 4.74 Å². The molecular weight excluding hydrogens is 434 g/mol. The number of nitro benzene ring substituents is 1. The molecule has 3 aromatic carbocycles. The number of carbonyl (C=O) groups is 2. The monoisotopic (exact) mass is 453 g/mol. The first-order valence-corrected chi connectivity index (χ1v) is 11.1. The molecule has 0 atom stereocenters. The molecule has 3 aromatic rings. The summed E-state index contributed by atoms with van der Waals surface area (Å²) >= 11 is 0. The highest BCUT2D eigenvalue weighted by atomic mass is 32.2. The van der Waals surface area contributed by atoms with Gasteiger partial charge in [-0.2, -0.15) is 0 Å². The minimum Gasteiger partial charge on any atom is -0.454 e. The highest BCUT2D eigenvalue weighted by Crippen LogP contribution is 2.18. The zero-order chi connectivity index (χ0) is 23.3. The number of sulfone groups is 1. The van der Waals surface area contributed by atoms with Crippen LogP contribution in [0.2, 0.25) is 0 Å². The number of hydrogen-bond donors (Lipinski definition) is 0. The van der Waals surface area contributed by atoms with Crippen molar-refractivity contribution < 1.29 is 27.7 Å². The van der Waals surface area contributed by atoms with E-state index in [0.717, 1.165) is 11.6 Å². The van der Waals surface area contributed by atoms with Crippen LogP contribution < -0.4 is 0 Å². The van der Waals surface area contributed by atoms with Crippen molar-refractivity contribution in [2.45, 2.75) is 17.6 Å². The fourth-order valence-electron chi connectivity index (χ4n) is 2.88. The normalized spacial score (nSPS) is 11.0. The largest absolute Gasteiger partial charge is 0.454 e. The average Bonchev–Trinajstić information content (AvgIpc) is 2.78. The molecule has 0 unspecified atom stereocenters. The molecule has 32 heavy (non-hydrogen) atoms. The number of benzene rings is 3. The van der Waals surface area contributed by atoms with Crippen molar-refractivity contribution in [1.29, 1.82) is 0 Å². The summed E-state index contributed by atoms with van der Waals surface area (Å²) in [6.45, 7) is 1.29. The van der Waals surface area contributed by atoms with Gasteiger partial charge in [-0.05, 0) is 36.8 Å². The molecule has 0 amide bonds. The van der Waals surface area contributed by atoms with Crippen LogP contribution in [-0.4, -0.2) is 31.7 Å². The third-order valence-corrected chi connectivity index (χ3v) is 6.34. The first-order valence-electron chi connectivity index (χ1n) is 9.49. The van der Waals surface area contributed by atoms with Crippen LogP contribution in [0, 0.1) is 17.0 Å². The third kappa shape index (κ3) is 5.64. The van der Waals surface area contributed by atoms with E-state index in [0.29, 0.717) is 5.56 Å². The summed E-state index contributed by atoms with van der Waals surface area (Å²) in [4.78, 5) is 34.8. The molecule has 0 heterocycles. The van der Waals surface area contributed by atoms with Crippen molar-refractivity contribution >= 4 is 27.3 Å². The maximum absolute atomic E-state index is 12.5. The van der Waals surface area contributed by atoms with Crippen molar-refractivity contribution in [1.82, 2.24) is 0 Å². The first-order chi connectivity index (χ1) is 15.2. The van der Waals surface area contributed by atoms with Gasteiger partial charge in [-0.25, -0.2) is 13.2 Å². The Morgan fingerprint density at radius 1 is 0.938 bits per heavy atom. The maximum Gasteiger partial charge on any atom is 0.338 e. The molecule has 0 N–H and O–H groups in total. The van der Waals surface area contributed by atoms with Crippen LogP contribution in [-0.2, 0) is 20.3 Å². The van der Waals surface area contributed by atoms with Gasteiger partial charge in [0.15, 0.2) is 16.4 Å². The summed E-state index contributed by atoms with van der Waals surface area (Å²) in [5.74, 6) is -1.57. The molecule has 0 saturated heterocycles. The van der Waals surface area contributed by atoms with Crippen molar-refractivity contribution in [3.8, 4) is 0 Å². The van der Waals surface area contributed by atoms with Gasteiger partial charge >= 0.3 is 5.97 Å². The second kappa shape index (κ2) is 9.52.